The summed E-state index contributed by atoms with van der Waals surface area (Å²) in [6.07, 6.45) is 4.91. The van der Waals surface area contributed by atoms with Gasteiger partial charge >= 0.3 is 0 Å². The van der Waals surface area contributed by atoms with Gasteiger partial charge in [-0.25, -0.2) is 15.0 Å². The Morgan fingerprint density at radius 1 is 0.970 bits per heavy atom. The molecule has 33 heavy (non-hydrogen) atoms. The number of nitrogens with one attached hydrogen (secondary N) is 3. The summed E-state index contributed by atoms with van der Waals surface area (Å²) >= 11 is 0. The van der Waals surface area contributed by atoms with Gasteiger partial charge in [0.1, 0.15) is 5.52 Å². The molecule has 162 valence electrons. The largest absolute Gasteiger partial charge is 0.454 e. The fourth-order valence-electron chi connectivity index (χ4n) is 4.43. The second-order valence-electron chi connectivity index (χ2n) is 8.06. The maximum absolute atomic E-state index is 5.55. The van der Waals surface area contributed by atoms with E-state index in [1.165, 1.54) is 5.57 Å². The van der Waals surface area contributed by atoms with E-state index in [1.54, 1.807) is 6.20 Å². The Balaban J connectivity index is 1.35. The minimum Gasteiger partial charge on any atom is -0.454 e. The highest BCUT2D eigenvalue weighted by Crippen LogP contribution is 2.38. The fourth-order valence-corrected chi connectivity index (χ4v) is 4.43. The molecule has 7 rings (SSSR count). The van der Waals surface area contributed by atoms with Gasteiger partial charge in [0.25, 0.3) is 0 Å². The van der Waals surface area contributed by atoms with E-state index in [4.69, 9.17) is 19.4 Å². The Bertz CT molecular complexity index is 1570. The van der Waals surface area contributed by atoms with Crippen LogP contribution in [0, 0.1) is 0 Å². The molecule has 0 saturated carbocycles. The monoisotopic (exact) mass is 437 g/mol. The van der Waals surface area contributed by atoms with E-state index in [1.807, 2.05) is 36.4 Å². The Morgan fingerprint density at radius 3 is 2.88 bits per heavy atom. The number of rotatable bonds is 3. The van der Waals surface area contributed by atoms with Gasteiger partial charge in [-0.15, -0.1) is 0 Å². The minimum atomic E-state index is 0.243. The number of H-pyrrole nitrogens is 2. The molecule has 1 aromatic carbocycles. The topological polar surface area (TPSA) is 114 Å². The molecule has 5 aromatic rings. The standard InChI is InChI=1S/C24H19N7O2/c1-4-18-19(33-12-32-18)11-14(1)15-7-10-26-23-20(15)28-24(29-23)22-21-17(30-31-22)3-2-16(27-21)13-5-8-25-9-6-13/h1-5,7,10-11,25H,6,8-9,12H2,(H,30,31)(H,26,28,29). The molecule has 0 bridgehead atoms. The third-order valence-corrected chi connectivity index (χ3v) is 6.10. The first-order valence-corrected chi connectivity index (χ1v) is 10.8. The molecule has 9 heteroatoms. The molecule has 0 unspecified atom stereocenters. The summed E-state index contributed by atoms with van der Waals surface area (Å²) in [5.74, 6) is 2.11. The molecular weight excluding hydrogens is 418 g/mol. The molecule has 9 nitrogen and oxygen atoms in total. The first kappa shape index (κ1) is 18.3. The number of benzene rings is 1. The fraction of sp³-hybridized carbons (Fsp3) is 0.167. The second-order valence-corrected chi connectivity index (χ2v) is 8.06. The van der Waals surface area contributed by atoms with E-state index >= 15 is 0 Å². The number of hydrogen-bond donors (Lipinski definition) is 3. The summed E-state index contributed by atoms with van der Waals surface area (Å²) in [6.45, 7) is 2.07. The van der Waals surface area contributed by atoms with Crippen molar-refractivity contribution in [2.45, 2.75) is 6.42 Å². The van der Waals surface area contributed by atoms with Crippen LogP contribution in [0.25, 0.3) is 50.4 Å². The van der Waals surface area contributed by atoms with Crippen molar-refractivity contribution in [2.24, 2.45) is 0 Å². The Morgan fingerprint density at radius 2 is 1.94 bits per heavy atom. The van der Waals surface area contributed by atoms with Crippen LogP contribution in [0.2, 0.25) is 0 Å². The van der Waals surface area contributed by atoms with E-state index in [0.717, 1.165) is 64.4 Å². The number of aromatic amines is 2. The van der Waals surface area contributed by atoms with Gasteiger partial charge < -0.3 is 19.8 Å². The summed E-state index contributed by atoms with van der Waals surface area (Å²) < 4.78 is 11.0. The molecule has 2 aliphatic rings. The molecule has 0 atom stereocenters. The lowest BCUT2D eigenvalue weighted by Gasteiger charge is -2.13. The van der Waals surface area contributed by atoms with E-state index in [0.29, 0.717) is 17.2 Å². The summed E-state index contributed by atoms with van der Waals surface area (Å²) in [5, 5.41) is 10.9. The molecule has 0 radical (unpaired) electrons. The maximum Gasteiger partial charge on any atom is 0.231 e. The van der Waals surface area contributed by atoms with Crippen molar-refractivity contribution in [1.82, 2.24) is 35.5 Å². The van der Waals surface area contributed by atoms with Crippen molar-refractivity contribution in [1.29, 1.82) is 0 Å². The second kappa shape index (κ2) is 7.14. The smallest absolute Gasteiger partial charge is 0.231 e. The van der Waals surface area contributed by atoms with E-state index < -0.39 is 0 Å². The van der Waals surface area contributed by atoms with Crippen LogP contribution in [0.3, 0.4) is 0 Å². The third-order valence-electron chi connectivity index (χ3n) is 6.10. The van der Waals surface area contributed by atoms with Crippen LogP contribution in [-0.2, 0) is 0 Å². The van der Waals surface area contributed by atoms with Crippen molar-refractivity contribution in [2.75, 3.05) is 19.9 Å². The number of ether oxygens (including phenoxy) is 2. The summed E-state index contributed by atoms with van der Waals surface area (Å²) in [4.78, 5) is 17.6. The van der Waals surface area contributed by atoms with Gasteiger partial charge in [0.05, 0.1) is 16.7 Å². The SMILES string of the molecule is C1=C(c2ccc3[nH]nc(-c4nc5nccc(-c6ccc7c(c6)OCO7)c5[nH]4)c3n2)CCNC1. The molecule has 0 saturated heterocycles. The van der Waals surface area contributed by atoms with Crippen molar-refractivity contribution in [3.63, 3.8) is 0 Å². The van der Waals surface area contributed by atoms with Crippen molar-refractivity contribution >= 4 is 27.8 Å². The quantitative estimate of drug-likeness (QED) is 0.395. The predicted molar refractivity (Wildman–Crippen MR) is 124 cm³/mol. The van der Waals surface area contributed by atoms with Gasteiger partial charge in [0.15, 0.2) is 28.7 Å². The number of fused-ring (bicyclic) bond motifs is 3. The maximum atomic E-state index is 5.55. The molecule has 0 spiro atoms. The molecule has 6 heterocycles. The van der Waals surface area contributed by atoms with Gasteiger partial charge in [-0.2, -0.15) is 5.10 Å². The number of imidazole rings is 1. The van der Waals surface area contributed by atoms with Crippen LogP contribution in [-0.4, -0.2) is 50.0 Å². The number of aromatic nitrogens is 6. The highest BCUT2D eigenvalue weighted by molar-refractivity contribution is 5.95. The van der Waals surface area contributed by atoms with Gasteiger partial charge in [-0.1, -0.05) is 12.1 Å². The normalized spacial score (nSPS) is 15.3. The lowest BCUT2D eigenvalue weighted by molar-refractivity contribution is 0.174. The van der Waals surface area contributed by atoms with E-state index in [2.05, 4.69) is 31.6 Å². The van der Waals surface area contributed by atoms with Crippen molar-refractivity contribution < 1.29 is 9.47 Å². The van der Waals surface area contributed by atoms with E-state index in [-0.39, 0.29) is 6.79 Å². The Kier molecular flexibility index (Phi) is 3.97. The minimum absolute atomic E-state index is 0.243. The van der Waals surface area contributed by atoms with Gasteiger partial charge in [0.2, 0.25) is 6.79 Å². The summed E-state index contributed by atoms with van der Waals surface area (Å²) in [7, 11) is 0. The number of nitrogens with zero attached hydrogens (tertiary/aromatic N) is 4. The molecule has 0 aliphatic carbocycles. The summed E-state index contributed by atoms with van der Waals surface area (Å²) in [6, 6.07) is 11.9. The summed E-state index contributed by atoms with van der Waals surface area (Å²) in [5.41, 5.74) is 7.98. The van der Waals surface area contributed by atoms with Crippen molar-refractivity contribution in [3.05, 3.63) is 54.4 Å². The Labute approximate surface area is 187 Å². The lowest BCUT2D eigenvalue weighted by atomic mass is 10.1. The first-order chi connectivity index (χ1) is 16.3. The van der Waals surface area contributed by atoms with Gasteiger partial charge in [-0.05, 0) is 54.4 Å². The van der Waals surface area contributed by atoms with Crippen LogP contribution in [0.5, 0.6) is 11.5 Å². The average molecular weight is 437 g/mol. The van der Waals surface area contributed by atoms with Crippen LogP contribution in [0.4, 0.5) is 0 Å². The molecular formula is C24H19N7O2. The Hall–Kier alpha value is -4.24. The number of pyridine rings is 2. The lowest BCUT2D eigenvalue weighted by Crippen LogP contribution is -2.20. The predicted octanol–water partition coefficient (Wildman–Crippen LogP) is 3.67. The van der Waals surface area contributed by atoms with Crippen LogP contribution in [0.15, 0.2) is 48.7 Å². The van der Waals surface area contributed by atoms with Crippen LogP contribution >= 0.6 is 0 Å². The first-order valence-electron chi connectivity index (χ1n) is 10.8. The molecule has 0 fully saturated rings. The molecule has 2 aliphatic heterocycles. The molecule has 0 amide bonds. The van der Waals surface area contributed by atoms with Crippen LogP contribution < -0.4 is 14.8 Å². The van der Waals surface area contributed by atoms with Crippen LogP contribution in [0.1, 0.15) is 12.1 Å². The molecule has 4 aromatic heterocycles. The van der Waals surface area contributed by atoms with Crippen molar-refractivity contribution in [3.8, 4) is 34.1 Å². The van der Waals surface area contributed by atoms with Gasteiger partial charge in [-0.3, -0.25) is 5.10 Å². The zero-order valence-corrected chi connectivity index (χ0v) is 17.6. The van der Waals surface area contributed by atoms with Gasteiger partial charge in [0, 0.05) is 18.3 Å². The average Bonchev–Trinajstić information content (AvgIpc) is 3.60. The number of hydrogen-bond acceptors (Lipinski definition) is 7. The highest BCUT2D eigenvalue weighted by Gasteiger charge is 2.19. The third kappa shape index (κ3) is 2.97. The zero-order valence-electron chi connectivity index (χ0n) is 17.6. The molecule has 3 N–H and O–H groups in total. The highest BCUT2D eigenvalue weighted by atomic mass is 16.7. The zero-order chi connectivity index (χ0) is 21.8. The van der Waals surface area contributed by atoms with E-state index in [9.17, 15) is 0 Å².